The van der Waals surface area contributed by atoms with Gasteiger partial charge in [0.05, 0.1) is 19.3 Å². The molecule has 1 aliphatic rings. The van der Waals surface area contributed by atoms with Gasteiger partial charge in [0.2, 0.25) is 5.91 Å². The van der Waals surface area contributed by atoms with Gasteiger partial charge in [0.25, 0.3) is 0 Å². The summed E-state index contributed by atoms with van der Waals surface area (Å²) in [6.45, 7) is 4.30. The third kappa shape index (κ3) is 6.45. The van der Waals surface area contributed by atoms with E-state index in [4.69, 9.17) is 4.84 Å². The van der Waals surface area contributed by atoms with E-state index in [2.05, 4.69) is 71.8 Å². The van der Waals surface area contributed by atoms with Crippen LogP contribution in [0.25, 0.3) is 10.9 Å². The van der Waals surface area contributed by atoms with E-state index in [1.165, 1.54) is 16.7 Å². The molecule has 0 spiro atoms. The predicted octanol–water partition coefficient (Wildman–Crippen LogP) is 4.09. The topological polar surface area (TPSA) is 97.8 Å². The van der Waals surface area contributed by atoms with E-state index in [9.17, 15) is 15.0 Å². The second kappa shape index (κ2) is 12.8. The zero-order valence-electron chi connectivity index (χ0n) is 23.2. The molecule has 3 aromatic carbocycles. The molecule has 1 amide bonds. The summed E-state index contributed by atoms with van der Waals surface area (Å²) in [6, 6.07) is 24.4. The highest BCUT2D eigenvalue weighted by atomic mass is 16.7. The van der Waals surface area contributed by atoms with Gasteiger partial charge in [0, 0.05) is 29.6 Å². The second-order valence-electron chi connectivity index (χ2n) is 10.9. The Morgan fingerprint density at radius 3 is 2.30 bits per heavy atom. The number of carbonyl (C=O) groups is 1. The predicted molar refractivity (Wildman–Crippen MR) is 157 cm³/mol. The molecule has 0 radical (unpaired) electrons. The molecule has 0 bridgehead atoms. The Balaban J connectivity index is 1.22. The molecule has 2 heterocycles. The number of aromatic amines is 1. The van der Waals surface area contributed by atoms with Crippen molar-refractivity contribution >= 4 is 16.8 Å². The van der Waals surface area contributed by atoms with Gasteiger partial charge in [-0.1, -0.05) is 72.3 Å². The van der Waals surface area contributed by atoms with E-state index in [0.717, 1.165) is 34.9 Å². The van der Waals surface area contributed by atoms with Crippen LogP contribution in [0, 0.1) is 12.8 Å². The van der Waals surface area contributed by atoms with Crippen molar-refractivity contribution in [1.29, 1.82) is 0 Å². The zero-order valence-corrected chi connectivity index (χ0v) is 23.2. The number of benzene rings is 3. The van der Waals surface area contributed by atoms with Crippen molar-refractivity contribution in [2.45, 2.75) is 57.9 Å². The number of hydroxylamine groups is 2. The summed E-state index contributed by atoms with van der Waals surface area (Å²) in [5.41, 5.74) is 7.03. The summed E-state index contributed by atoms with van der Waals surface area (Å²) >= 11 is 0. The zero-order chi connectivity index (χ0) is 28.1. The van der Waals surface area contributed by atoms with Crippen molar-refractivity contribution in [2.24, 2.45) is 5.92 Å². The highest BCUT2D eigenvalue weighted by Gasteiger charge is 2.48. The molecule has 1 saturated heterocycles. The van der Waals surface area contributed by atoms with Crippen LogP contribution in [0.4, 0.5) is 0 Å². The number of aliphatic hydroxyl groups excluding tert-OH is 2. The van der Waals surface area contributed by atoms with Gasteiger partial charge in [-0.2, -0.15) is 5.06 Å². The highest BCUT2D eigenvalue weighted by Crippen LogP contribution is 2.31. The van der Waals surface area contributed by atoms with Gasteiger partial charge in [-0.05, 0) is 61.4 Å². The lowest BCUT2D eigenvalue weighted by atomic mass is 9.92. The number of hydrogen-bond acceptors (Lipinski definition) is 5. The lowest BCUT2D eigenvalue weighted by molar-refractivity contribution is -0.192. The van der Waals surface area contributed by atoms with Crippen LogP contribution in [-0.4, -0.2) is 57.6 Å². The summed E-state index contributed by atoms with van der Waals surface area (Å²) in [7, 11) is 0. The second-order valence-corrected chi connectivity index (χ2v) is 10.9. The van der Waals surface area contributed by atoms with Crippen molar-refractivity contribution in [3.8, 4) is 0 Å². The molecule has 4 aromatic rings. The smallest absolute Gasteiger partial charge is 0.240 e. The van der Waals surface area contributed by atoms with Crippen molar-refractivity contribution in [1.82, 2.24) is 15.4 Å². The molecule has 0 aliphatic carbocycles. The third-order valence-corrected chi connectivity index (χ3v) is 7.90. The van der Waals surface area contributed by atoms with Crippen LogP contribution >= 0.6 is 0 Å². The van der Waals surface area contributed by atoms with E-state index in [-0.39, 0.29) is 12.5 Å². The lowest BCUT2D eigenvalue weighted by Crippen LogP contribution is -2.48. The fourth-order valence-electron chi connectivity index (χ4n) is 5.60. The van der Waals surface area contributed by atoms with Crippen molar-refractivity contribution in [2.75, 3.05) is 13.2 Å². The van der Waals surface area contributed by atoms with E-state index in [1.54, 1.807) is 12.0 Å². The molecule has 5 rings (SSSR count). The Kier molecular flexibility index (Phi) is 8.97. The van der Waals surface area contributed by atoms with Gasteiger partial charge in [-0.25, -0.2) is 0 Å². The maximum absolute atomic E-state index is 13.4. The quantitative estimate of drug-likeness (QED) is 0.229. The Hall–Kier alpha value is -3.49. The van der Waals surface area contributed by atoms with Gasteiger partial charge < -0.3 is 20.5 Å². The fraction of sp³-hybridized carbons (Fsp3) is 0.364. The van der Waals surface area contributed by atoms with Crippen LogP contribution in [-0.2, 0) is 35.4 Å². The maximum Gasteiger partial charge on any atom is 0.240 e. The summed E-state index contributed by atoms with van der Waals surface area (Å²) in [4.78, 5) is 22.8. The molecule has 7 heteroatoms. The number of carbonyl (C=O) groups excluding carboxylic acids is 1. The molecule has 4 N–H and O–H groups in total. The Labute approximate surface area is 235 Å². The minimum atomic E-state index is -0.826. The van der Waals surface area contributed by atoms with Crippen LogP contribution in [0.1, 0.15) is 34.7 Å². The monoisotopic (exact) mass is 541 g/mol. The van der Waals surface area contributed by atoms with Gasteiger partial charge >= 0.3 is 0 Å². The number of nitrogens with one attached hydrogen (secondary N) is 2. The van der Waals surface area contributed by atoms with Gasteiger partial charge in [0.1, 0.15) is 12.1 Å². The standard InChI is InChI=1S/C33H39N3O4/c1-22-7-9-24(10-8-22)11-12-25-13-15-26(16-14-25)20-36-31(29(21-37)32(40-36)23(2)38)33(39)34-18-17-27-19-35-30-6-4-3-5-28(27)30/h3-10,13-16,19,23,29,31-32,35,37-38H,11-12,17-18,20-21H2,1-2H3,(H,34,39)/t23-,29-,31-,32-/m0/s1. The first-order chi connectivity index (χ1) is 19.4. The third-order valence-electron chi connectivity index (χ3n) is 7.90. The number of hydrogen-bond donors (Lipinski definition) is 4. The van der Waals surface area contributed by atoms with Crippen LogP contribution in [0.3, 0.4) is 0 Å². The normalized spacial score (nSPS) is 20.1. The molecule has 40 heavy (non-hydrogen) atoms. The first-order valence-corrected chi connectivity index (χ1v) is 14.1. The van der Waals surface area contributed by atoms with Gasteiger partial charge in [-0.3, -0.25) is 9.63 Å². The molecule has 1 aliphatic heterocycles. The maximum atomic E-state index is 13.4. The number of H-pyrrole nitrogens is 1. The summed E-state index contributed by atoms with van der Waals surface area (Å²) in [5.74, 6) is -0.751. The molecule has 0 unspecified atom stereocenters. The van der Waals surface area contributed by atoms with E-state index < -0.39 is 24.2 Å². The highest BCUT2D eigenvalue weighted by molar-refractivity contribution is 5.84. The number of fused-ring (bicyclic) bond motifs is 1. The minimum Gasteiger partial charge on any atom is -0.396 e. The first kappa shape index (κ1) is 28.1. The van der Waals surface area contributed by atoms with Gasteiger partial charge in [0.15, 0.2) is 0 Å². The minimum absolute atomic E-state index is 0.211. The molecule has 4 atom stereocenters. The number of nitrogens with zero attached hydrogens (tertiary/aromatic N) is 1. The van der Waals surface area contributed by atoms with Gasteiger partial charge in [-0.15, -0.1) is 0 Å². The lowest BCUT2D eigenvalue weighted by Gasteiger charge is -2.24. The molecule has 1 aromatic heterocycles. The van der Waals surface area contributed by atoms with Crippen LogP contribution in [0.2, 0.25) is 0 Å². The van der Waals surface area contributed by atoms with Crippen molar-refractivity contribution in [3.05, 3.63) is 107 Å². The molecule has 0 saturated carbocycles. The number of rotatable bonds is 11. The van der Waals surface area contributed by atoms with E-state index in [1.807, 2.05) is 24.4 Å². The van der Waals surface area contributed by atoms with Crippen molar-refractivity contribution in [3.63, 3.8) is 0 Å². The van der Waals surface area contributed by atoms with E-state index >= 15 is 0 Å². The number of aryl methyl sites for hydroxylation is 3. The first-order valence-electron chi connectivity index (χ1n) is 14.1. The Morgan fingerprint density at radius 1 is 0.975 bits per heavy atom. The number of aromatic nitrogens is 1. The largest absolute Gasteiger partial charge is 0.396 e. The number of aliphatic hydroxyl groups is 2. The Bertz CT molecular complexity index is 1400. The van der Waals surface area contributed by atoms with Crippen molar-refractivity contribution < 1.29 is 19.8 Å². The SMILES string of the molecule is Cc1ccc(CCc2ccc(CN3O[C@@H]([C@H](C)O)[C@@H](CO)[C@H]3C(=O)NCCc3c[nH]c4ccccc34)cc2)cc1. The molecule has 1 fully saturated rings. The number of para-hydroxylation sites is 1. The molecule has 210 valence electrons. The molecular weight excluding hydrogens is 502 g/mol. The van der Waals surface area contributed by atoms with Crippen LogP contribution < -0.4 is 5.32 Å². The number of amides is 1. The summed E-state index contributed by atoms with van der Waals surface area (Å²) in [5, 5.41) is 26.3. The molecule has 7 nitrogen and oxygen atoms in total. The summed E-state index contributed by atoms with van der Waals surface area (Å²) < 4.78 is 0. The average Bonchev–Trinajstić information content (AvgIpc) is 3.55. The Morgan fingerprint density at radius 2 is 1.62 bits per heavy atom. The van der Waals surface area contributed by atoms with Crippen LogP contribution in [0.5, 0.6) is 0 Å². The molecular formula is C33H39N3O4. The van der Waals surface area contributed by atoms with E-state index in [0.29, 0.717) is 19.5 Å². The van der Waals surface area contributed by atoms with Crippen LogP contribution in [0.15, 0.2) is 79.0 Å². The average molecular weight is 542 g/mol. The summed E-state index contributed by atoms with van der Waals surface area (Å²) in [6.07, 6.45) is 3.09. The fourth-order valence-corrected chi connectivity index (χ4v) is 5.60.